The Balaban J connectivity index is 2.57. The average molecular weight is 211 g/mol. The lowest BCUT2D eigenvalue weighted by atomic mass is 9.83. The minimum absolute atomic E-state index is 0.164. The van der Waals surface area contributed by atoms with E-state index in [1.54, 1.807) is 0 Å². The highest BCUT2D eigenvalue weighted by Crippen LogP contribution is 2.28. The zero-order chi connectivity index (χ0) is 11.3. The number of hydrogen-bond acceptors (Lipinski definition) is 2. The summed E-state index contributed by atoms with van der Waals surface area (Å²) in [5.74, 6) is 1.04. The molecule has 0 bridgehead atoms. The van der Waals surface area contributed by atoms with E-state index in [-0.39, 0.29) is 5.54 Å². The smallest absolute Gasteiger partial charge is 0.153 e. The van der Waals surface area contributed by atoms with Crippen LogP contribution in [-0.4, -0.2) is 17.9 Å². The Morgan fingerprint density at radius 3 is 2.40 bits per heavy atom. The van der Waals surface area contributed by atoms with Crippen LogP contribution >= 0.6 is 0 Å². The van der Waals surface area contributed by atoms with Gasteiger partial charge >= 0.3 is 0 Å². The second kappa shape index (κ2) is 5.64. The van der Waals surface area contributed by atoms with E-state index in [0.717, 1.165) is 45.1 Å². The molecule has 1 aliphatic heterocycles. The minimum Gasteiger partial charge on any atom is -0.305 e. The molecule has 0 aromatic heterocycles. The van der Waals surface area contributed by atoms with Crippen LogP contribution in [0.15, 0.2) is 0 Å². The van der Waals surface area contributed by atoms with Crippen LogP contribution in [0.5, 0.6) is 0 Å². The van der Waals surface area contributed by atoms with Crippen molar-refractivity contribution in [3.63, 3.8) is 0 Å². The number of hydrogen-bond donors (Lipinski definition) is 1. The van der Waals surface area contributed by atoms with Crippen LogP contribution < -0.4 is 5.32 Å². The molecule has 0 spiro atoms. The number of nitrogens with one attached hydrogen (secondary N) is 1. The summed E-state index contributed by atoms with van der Waals surface area (Å²) < 4.78 is 0. The first-order chi connectivity index (χ1) is 7.18. The summed E-state index contributed by atoms with van der Waals surface area (Å²) in [4.78, 5) is 12.3. The van der Waals surface area contributed by atoms with E-state index in [1.165, 1.54) is 0 Å². The molecule has 1 aliphatic rings. The molecule has 88 valence electrons. The van der Waals surface area contributed by atoms with E-state index in [1.807, 2.05) is 0 Å². The second-order valence-corrected chi connectivity index (χ2v) is 4.78. The van der Waals surface area contributed by atoms with Gasteiger partial charge in [-0.15, -0.1) is 0 Å². The van der Waals surface area contributed by atoms with Crippen molar-refractivity contribution in [1.82, 2.24) is 5.32 Å². The molecule has 1 unspecified atom stereocenters. The molecule has 1 fully saturated rings. The molecule has 15 heavy (non-hydrogen) atoms. The highest BCUT2D eigenvalue weighted by atomic mass is 16.1. The zero-order valence-electron chi connectivity index (χ0n) is 10.4. The molecule has 2 nitrogen and oxygen atoms in total. The molecule has 1 N–H and O–H groups in total. The summed E-state index contributed by atoms with van der Waals surface area (Å²) >= 11 is 0. The van der Waals surface area contributed by atoms with E-state index in [4.69, 9.17) is 0 Å². The minimum atomic E-state index is -0.164. The van der Waals surface area contributed by atoms with Crippen LogP contribution in [0.2, 0.25) is 0 Å². The normalized spacial score (nSPS) is 26.1. The van der Waals surface area contributed by atoms with Gasteiger partial charge in [0.05, 0.1) is 5.54 Å². The maximum Gasteiger partial charge on any atom is 0.153 e. The van der Waals surface area contributed by atoms with Gasteiger partial charge in [-0.25, -0.2) is 0 Å². The van der Waals surface area contributed by atoms with E-state index in [9.17, 15) is 4.79 Å². The van der Waals surface area contributed by atoms with Gasteiger partial charge in [0.2, 0.25) is 0 Å². The summed E-state index contributed by atoms with van der Waals surface area (Å²) in [6.07, 6.45) is 6.18. The quantitative estimate of drug-likeness (QED) is 0.732. The molecular weight excluding hydrogens is 186 g/mol. The fourth-order valence-electron chi connectivity index (χ4n) is 2.58. The molecule has 1 atom stereocenters. The van der Waals surface area contributed by atoms with Gasteiger partial charge in [-0.3, -0.25) is 4.79 Å². The van der Waals surface area contributed by atoms with Crippen molar-refractivity contribution < 1.29 is 4.79 Å². The third-order valence-corrected chi connectivity index (χ3v) is 4.01. The van der Waals surface area contributed by atoms with E-state index < -0.39 is 0 Å². The van der Waals surface area contributed by atoms with Crippen LogP contribution in [0.25, 0.3) is 0 Å². The monoisotopic (exact) mass is 211 g/mol. The fraction of sp³-hybridized carbons (Fsp3) is 0.923. The van der Waals surface area contributed by atoms with Crippen molar-refractivity contribution in [2.75, 3.05) is 6.54 Å². The van der Waals surface area contributed by atoms with Crippen molar-refractivity contribution in [2.45, 2.75) is 64.8 Å². The molecule has 1 rings (SSSR count). The lowest BCUT2D eigenvalue weighted by Gasteiger charge is -2.28. The van der Waals surface area contributed by atoms with Gasteiger partial charge in [-0.2, -0.15) is 0 Å². The van der Waals surface area contributed by atoms with Crippen LogP contribution in [0.1, 0.15) is 59.3 Å². The Morgan fingerprint density at radius 2 is 2.00 bits per heavy atom. The Hall–Kier alpha value is -0.370. The molecule has 0 aromatic carbocycles. The van der Waals surface area contributed by atoms with Crippen molar-refractivity contribution in [1.29, 1.82) is 0 Å². The summed E-state index contributed by atoms with van der Waals surface area (Å²) in [5, 5.41) is 3.42. The van der Waals surface area contributed by atoms with Gasteiger partial charge in [-0.1, -0.05) is 33.6 Å². The van der Waals surface area contributed by atoms with Crippen LogP contribution in [0, 0.1) is 5.92 Å². The van der Waals surface area contributed by atoms with Crippen molar-refractivity contribution in [3.05, 3.63) is 0 Å². The van der Waals surface area contributed by atoms with E-state index in [2.05, 4.69) is 26.1 Å². The summed E-state index contributed by atoms with van der Waals surface area (Å²) in [6, 6.07) is 0. The first-order valence-corrected chi connectivity index (χ1v) is 6.46. The Bertz CT molecular complexity index is 203. The fourth-order valence-corrected chi connectivity index (χ4v) is 2.58. The molecule has 0 aromatic rings. The molecule has 0 aliphatic carbocycles. The number of carbonyl (C=O) groups is 1. The van der Waals surface area contributed by atoms with E-state index >= 15 is 0 Å². The lowest BCUT2D eigenvalue weighted by Crippen LogP contribution is -2.47. The van der Waals surface area contributed by atoms with Crippen molar-refractivity contribution >= 4 is 5.78 Å². The van der Waals surface area contributed by atoms with Gasteiger partial charge in [0, 0.05) is 6.42 Å². The van der Waals surface area contributed by atoms with Crippen LogP contribution in [-0.2, 0) is 4.79 Å². The molecule has 0 radical (unpaired) electrons. The Morgan fingerprint density at radius 1 is 1.33 bits per heavy atom. The lowest BCUT2D eigenvalue weighted by molar-refractivity contribution is -0.126. The number of rotatable bonds is 6. The van der Waals surface area contributed by atoms with Crippen LogP contribution in [0.3, 0.4) is 0 Å². The van der Waals surface area contributed by atoms with Gasteiger partial charge in [0.25, 0.3) is 0 Å². The molecule has 1 heterocycles. The standard InChI is InChI=1S/C13H25NO/c1-4-11(5-2)10-12(15)13(6-3)8-7-9-14-13/h11,14H,4-10H2,1-3H3. The van der Waals surface area contributed by atoms with Gasteiger partial charge in [-0.05, 0) is 31.7 Å². The molecular formula is C13H25NO. The molecule has 1 saturated heterocycles. The maximum atomic E-state index is 12.3. The van der Waals surface area contributed by atoms with E-state index in [0.29, 0.717) is 11.7 Å². The highest BCUT2D eigenvalue weighted by molar-refractivity contribution is 5.88. The summed E-state index contributed by atoms with van der Waals surface area (Å²) in [7, 11) is 0. The largest absolute Gasteiger partial charge is 0.305 e. The predicted octanol–water partition coefficient (Wildman–Crippen LogP) is 2.91. The highest BCUT2D eigenvalue weighted by Gasteiger charge is 2.38. The third-order valence-electron chi connectivity index (χ3n) is 4.01. The molecule has 0 saturated carbocycles. The first kappa shape index (κ1) is 12.7. The van der Waals surface area contributed by atoms with Gasteiger partial charge in [0.1, 0.15) is 0 Å². The Labute approximate surface area is 93.8 Å². The Kier molecular flexibility index (Phi) is 4.78. The number of carbonyl (C=O) groups excluding carboxylic acids is 1. The van der Waals surface area contributed by atoms with Crippen LogP contribution in [0.4, 0.5) is 0 Å². The van der Waals surface area contributed by atoms with Gasteiger partial charge in [0.15, 0.2) is 5.78 Å². The summed E-state index contributed by atoms with van der Waals surface area (Å²) in [6.45, 7) is 7.51. The topological polar surface area (TPSA) is 29.1 Å². The van der Waals surface area contributed by atoms with Gasteiger partial charge < -0.3 is 5.32 Å². The number of ketones is 1. The second-order valence-electron chi connectivity index (χ2n) is 4.78. The predicted molar refractivity (Wildman–Crippen MR) is 64.0 cm³/mol. The number of Topliss-reactive ketones (excluding diaryl/α,β-unsaturated/α-hetero) is 1. The maximum absolute atomic E-state index is 12.3. The third kappa shape index (κ3) is 2.81. The van der Waals surface area contributed by atoms with Crippen molar-refractivity contribution in [3.8, 4) is 0 Å². The van der Waals surface area contributed by atoms with Crippen molar-refractivity contribution in [2.24, 2.45) is 5.92 Å². The zero-order valence-corrected chi connectivity index (χ0v) is 10.4. The summed E-state index contributed by atoms with van der Waals surface area (Å²) in [5.41, 5.74) is -0.164. The molecule has 2 heteroatoms. The first-order valence-electron chi connectivity index (χ1n) is 6.46. The SMILES string of the molecule is CCC(CC)CC(=O)C1(CC)CCCN1. The molecule has 0 amide bonds. The average Bonchev–Trinajstić information content (AvgIpc) is 2.75.